The van der Waals surface area contributed by atoms with Gasteiger partial charge >= 0.3 is 5.97 Å². The highest BCUT2D eigenvalue weighted by atomic mass is 32.2. The SMILES string of the molecule is COC(=O)c1ccccc1NS(=O)(=O)/C=C/c1ccccc1. The molecule has 0 bridgehead atoms. The first-order valence-electron chi connectivity index (χ1n) is 6.45. The molecule has 0 aromatic heterocycles. The summed E-state index contributed by atoms with van der Waals surface area (Å²) in [6, 6.07) is 15.3. The van der Waals surface area contributed by atoms with Gasteiger partial charge in [0, 0.05) is 0 Å². The van der Waals surface area contributed by atoms with Crippen molar-refractivity contribution in [3.8, 4) is 0 Å². The van der Waals surface area contributed by atoms with Gasteiger partial charge in [-0.15, -0.1) is 0 Å². The summed E-state index contributed by atoms with van der Waals surface area (Å²) in [6.07, 6.45) is 1.48. The Morgan fingerprint density at radius 1 is 1.05 bits per heavy atom. The average molecular weight is 317 g/mol. The molecular weight excluding hydrogens is 302 g/mol. The fourth-order valence-electron chi connectivity index (χ4n) is 1.78. The van der Waals surface area contributed by atoms with Gasteiger partial charge in [0.1, 0.15) is 0 Å². The van der Waals surface area contributed by atoms with Crippen molar-refractivity contribution in [1.82, 2.24) is 0 Å². The number of methoxy groups -OCH3 is 1. The smallest absolute Gasteiger partial charge is 0.339 e. The maximum Gasteiger partial charge on any atom is 0.339 e. The third-order valence-corrected chi connectivity index (χ3v) is 3.82. The third-order valence-electron chi connectivity index (χ3n) is 2.82. The molecule has 2 aromatic rings. The zero-order chi connectivity index (χ0) is 16.0. The minimum Gasteiger partial charge on any atom is -0.465 e. The lowest BCUT2D eigenvalue weighted by molar-refractivity contribution is 0.0602. The van der Waals surface area contributed by atoms with Gasteiger partial charge in [-0.1, -0.05) is 42.5 Å². The Balaban J connectivity index is 2.23. The molecule has 0 amide bonds. The Labute approximate surface area is 129 Å². The third kappa shape index (κ3) is 4.20. The summed E-state index contributed by atoms with van der Waals surface area (Å²) in [6.45, 7) is 0. The molecule has 22 heavy (non-hydrogen) atoms. The van der Waals surface area contributed by atoms with Crippen molar-refractivity contribution in [2.24, 2.45) is 0 Å². The molecular formula is C16H15NO4S. The van der Waals surface area contributed by atoms with Gasteiger partial charge in [0.25, 0.3) is 10.0 Å². The normalized spacial score (nSPS) is 11.3. The van der Waals surface area contributed by atoms with Crippen LogP contribution in [-0.2, 0) is 14.8 Å². The molecule has 0 atom stereocenters. The number of hydrogen-bond donors (Lipinski definition) is 1. The van der Waals surface area contributed by atoms with Crippen LogP contribution in [0.1, 0.15) is 15.9 Å². The average Bonchev–Trinajstić information content (AvgIpc) is 2.53. The van der Waals surface area contributed by atoms with Crippen LogP contribution in [0, 0.1) is 0 Å². The second kappa shape index (κ2) is 6.91. The first kappa shape index (κ1) is 15.8. The summed E-state index contributed by atoms with van der Waals surface area (Å²) >= 11 is 0. The molecule has 1 N–H and O–H groups in total. The Bertz CT molecular complexity index is 783. The van der Waals surface area contributed by atoms with Crippen LogP contribution >= 0.6 is 0 Å². The van der Waals surface area contributed by atoms with Gasteiger partial charge in [-0.3, -0.25) is 4.72 Å². The monoisotopic (exact) mass is 317 g/mol. The van der Waals surface area contributed by atoms with Crippen LogP contribution in [-0.4, -0.2) is 21.5 Å². The van der Waals surface area contributed by atoms with E-state index < -0.39 is 16.0 Å². The number of para-hydroxylation sites is 1. The van der Waals surface area contributed by atoms with E-state index in [1.54, 1.807) is 24.3 Å². The van der Waals surface area contributed by atoms with Gasteiger partial charge in [-0.2, -0.15) is 0 Å². The van der Waals surface area contributed by atoms with Crippen molar-refractivity contribution in [3.63, 3.8) is 0 Å². The topological polar surface area (TPSA) is 72.5 Å². The minimum atomic E-state index is -3.74. The van der Waals surface area contributed by atoms with E-state index in [4.69, 9.17) is 0 Å². The molecule has 0 saturated heterocycles. The second-order valence-electron chi connectivity index (χ2n) is 4.40. The van der Waals surface area contributed by atoms with Crippen molar-refractivity contribution >= 4 is 27.8 Å². The van der Waals surface area contributed by atoms with E-state index in [9.17, 15) is 13.2 Å². The van der Waals surface area contributed by atoms with Crippen molar-refractivity contribution in [1.29, 1.82) is 0 Å². The maximum atomic E-state index is 12.1. The van der Waals surface area contributed by atoms with Crippen LogP contribution in [0.2, 0.25) is 0 Å². The van der Waals surface area contributed by atoms with Gasteiger partial charge in [-0.25, -0.2) is 13.2 Å². The van der Waals surface area contributed by atoms with Crippen LogP contribution < -0.4 is 4.72 Å². The Hall–Kier alpha value is -2.60. The lowest BCUT2D eigenvalue weighted by atomic mass is 10.2. The number of hydrogen-bond acceptors (Lipinski definition) is 4. The number of ether oxygens (including phenoxy) is 1. The van der Waals surface area contributed by atoms with Crippen LogP contribution in [0.3, 0.4) is 0 Å². The zero-order valence-corrected chi connectivity index (χ0v) is 12.7. The summed E-state index contributed by atoms with van der Waals surface area (Å²) in [4.78, 5) is 11.6. The van der Waals surface area contributed by atoms with Crippen LogP contribution in [0.15, 0.2) is 60.0 Å². The molecule has 0 aliphatic heterocycles. The zero-order valence-electron chi connectivity index (χ0n) is 11.9. The standard InChI is InChI=1S/C16H15NO4S/c1-21-16(18)14-9-5-6-10-15(14)17-22(19,20)12-11-13-7-3-2-4-8-13/h2-12,17H,1H3/b12-11+. The number of benzene rings is 2. The molecule has 0 spiro atoms. The number of nitrogens with one attached hydrogen (secondary N) is 1. The van der Waals surface area contributed by atoms with E-state index in [0.717, 1.165) is 11.0 Å². The van der Waals surface area contributed by atoms with Gasteiger partial charge in [0.2, 0.25) is 0 Å². The van der Waals surface area contributed by atoms with E-state index in [1.807, 2.05) is 18.2 Å². The molecule has 2 aromatic carbocycles. The summed E-state index contributed by atoms with van der Waals surface area (Å²) in [5, 5.41) is 1.05. The highest BCUT2D eigenvalue weighted by Gasteiger charge is 2.14. The summed E-state index contributed by atoms with van der Waals surface area (Å²) in [5.74, 6) is -0.606. The predicted octanol–water partition coefficient (Wildman–Crippen LogP) is 2.89. The second-order valence-corrected chi connectivity index (χ2v) is 5.96. The molecule has 0 fully saturated rings. The molecule has 0 heterocycles. The lowest BCUT2D eigenvalue weighted by Gasteiger charge is -2.09. The molecule has 114 valence electrons. The molecule has 6 heteroatoms. The number of rotatable bonds is 5. The highest BCUT2D eigenvalue weighted by molar-refractivity contribution is 7.95. The number of sulfonamides is 1. The van der Waals surface area contributed by atoms with Gasteiger partial charge in [0.15, 0.2) is 0 Å². The first-order chi connectivity index (χ1) is 10.5. The van der Waals surface area contributed by atoms with Gasteiger partial charge in [-0.05, 0) is 23.8 Å². The molecule has 0 saturated carbocycles. The molecule has 0 radical (unpaired) electrons. The minimum absolute atomic E-state index is 0.154. The Kier molecular flexibility index (Phi) is 4.95. The fourth-order valence-corrected chi connectivity index (χ4v) is 2.67. The number of carbonyl (C=O) groups excluding carboxylic acids is 1. The molecule has 0 unspecified atom stereocenters. The van der Waals surface area contributed by atoms with Crippen LogP contribution in [0.25, 0.3) is 6.08 Å². The van der Waals surface area contributed by atoms with E-state index in [2.05, 4.69) is 9.46 Å². The van der Waals surface area contributed by atoms with E-state index in [1.165, 1.54) is 25.3 Å². The van der Waals surface area contributed by atoms with Gasteiger partial charge < -0.3 is 4.74 Å². The predicted molar refractivity (Wildman–Crippen MR) is 85.8 cm³/mol. The van der Waals surface area contributed by atoms with Crippen LogP contribution in [0.4, 0.5) is 5.69 Å². The Morgan fingerprint density at radius 3 is 2.36 bits per heavy atom. The van der Waals surface area contributed by atoms with E-state index in [0.29, 0.717) is 0 Å². The largest absolute Gasteiger partial charge is 0.465 e. The van der Waals surface area contributed by atoms with Crippen molar-refractivity contribution in [2.75, 3.05) is 11.8 Å². The quantitative estimate of drug-likeness (QED) is 0.861. The summed E-state index contributed by atoms with van der Waals surface area (Å²) in [5.41, 5.74) is 1.09. The molecule has 0 aliphatic rings. The van der Waals surface area contributed by atoms with Crippen LogP contribution in [0.5, 0.6) is 0 Å². The number of esters is 1. The van der Waals surface area contributed by atoms with Crippen molar-refractivity contribution in [3.05, 3.63) is 71.1 Å². The molecule has 2 rings (SSSR count). The summed E-state index contributed by atoms with van der Waals surface area (Å²) < 4.78 is 31.2. The fraction of sp³-hybridized carbons (Fsp3) is 0.0625. The highest BCUT2D eigenvalue weighted by Crippen LogP contribution is 2.18. The number of anilines is 1. The number of carbonyl (C=O) groups is 1. The maximum absolute atomic E-state index is 12.1. The first-order valence-corrected chi connectivity index (χ1v) is 8.00. The lowest BCUT2D eigenvalue weighted by Crippen LogP contribution is -2.13. The van der Waals surface area contributed by atoms with Crippen molar-refractivity contribution in [2.45, 2.75) is 0 Å². The summed E-state index contributed by atoms with van der Waals surface area (Å²) in [7, 11) is -2.50. The Morgan fingerprint density at radius 2 is 1.68 bits per heavy atom. The molecule has 5 nitrogen and oxygen atoms in total. The van der Waals surface area contributed by atoms with Gasteiger partial charge in [0.05, 0.1) is 23.8 Å². The van der Waals surface area contributed by atoms with E-state index >= 15 is 0 Å². The van der Waals surface area contributed by atoms with E-state index in [-0.39, 0.29) is 11.3 Å². The van der Waals surface area contributed by atoms with Crippen molar-refractivity contribution < 1.29 is 17.9 Å². The molecule has 0 aliphatic carbocycles.